The fraction of sp³-hybridized carbons (Fsp3) is 0.348. The zero-order chi connectivity index (χ0) is 22.5. The van der Waals surface area contributed by atoms with Gasteiger partial charge in [-0.2, -0.15) is 0 Å². The lowest BCUT2D eigenvalue weighted by atomic mass is 9.99. The fourth-order valence-electron chi connectivity index (χ4n) is 4.10. The summed E-state index contributed by atoms with van der Waals surface area (Å²) in [6.07, 6.45) is 11.5. The third-order valence-electron chi connectivity index (χ3n) is 5.81. The van der Waals surface area contributed by atoms with Gasteiger partial charge in [-0.25, -0.2) is 0 Å². The van der Waals surface area contributed by atoms with Gasteiger partial charge in [-0.05, 0) is 32.0 Å². The molecule has 0 aromatic carbocycles. The van der Waals surface area contributed by atoms with E-state index >= 15 is 0 Å². The molecule has 3 N–H and O–H groups in total. The van der Waals surface area contributed by atoms with Gasteiger partial charge in [0.05, 0.1) is 28.8 Å². The van der Waals surface area contributed by atoms with E-state index in [0.29, 0.717) is 17.7 Å². The lowest BCUT2D eigenvalue weighted by Crippen LogP contribution is -2.25. The van der Waals surface area contributed by atoms with Crippen LogP contribution < -0.4 is 5.56 Å². The summed E-state index contributed by atoms with van der Waals surface area (Å²) in [7, 11) is 0. The van der Waals surface area contributed by atoms with Gasteiger partial charge in [0.15, 0.2) is 0 Å². The summed E-state index contributed by atoms with van der Waals surface area (Å²) in [4.78, 5) is 36.0. The second-order valence-corrected chi connectivity index (χ2v) is 7.63. The number of likely N-dealkylation sites (N-methyl/N-ethyl adjacent to an activating group) is 1. The molecule has 32 heavy (non-hydrogen) atoms. The Morgan fingerprint density at radius 2 is 1.81 bits per heavy atom. The minimum atomic E-state index is -0.219. The molecule has 4 aromatic rings. The maximum Gasteiger partial charge on any atom is 0.273 e. The van der Waals surface area contributed by atoms with Crippen LogP contribution in [0.2, 0.25) is 0 Å². The van der Waals surface area contributed by atoms with Crippen LogP contribution in [-0.4, -0.2) is 59.7 Å². The van der Waals surface area contributed by atoms with Crippen LogP contribution in [0.3, 0.4) is 0 Å². The van der Waals surface area contributed by atoms with Gasteiger partial charge in [0.2, 0.25) is 0 Å². The van der Waals surface area contributed by atoms with E-state index < -0.39 is 0 Å². The van der Waals surface area contributed by atoms with Crippen LogP contribution in [0.15, 0.2) is 42.0 Å². The van der Waals surface area contributed by atoms with Gasteiger partial charge >= 0.3 is 0 Å². The maximum absolute atomic E-state index is 12.2. The molecule has 0 radical (unpaired) electrons. The maximum atomic E-state index is 12.2. The van der Waals surface area contributed by atoms with Crippen molar-refractivity contribution in [3.63, 3.8) is 0 Å². The molecule has 9 heteroatoms. The van der Waals surface area contributed by atoms with Crippen molar-refractivity contribution in [2.45, 2.75) is 33.6 Å². The van der Waals surface area contributed by atoms with Gasteiger partial charge in [0.1, 0.15) is 0 Å². The van der Waals surface area contributed by atoms with Crippen LogP contribution in [0.5, 0.6) is 0 Å². The van der Waals surface area contributed by atoms with Gasteiger partial charge in [-0.15, -0.1) is 0 Å². The first kappa shape index (κ1) is 21.6. The molecule has 0 atom stereocenters. The van der Waals surface area contributed by atoms with Crippen molar-refractivity contribution in [3.05, 3.63) is 70.2 Å². The Labute approximate surface area is 186 Å². The summed E-state index contributed by atoms with van der Waals surface area (Å²) in [6.45, 7) is 9.45. The zero-order valence-corrected chi connectivity index (χ0v) is 18.6. The van der Waals surface area contributed by atoms with Crippen LogP contribution in [-0.2, 0) is 12.8 Å². The Bertz CT molecular complexity index is 1220. The molecule has 0 fully saturated rings. The lowest BCUT2D eigenvalue weighted by Gasteiger charge is -2.18. The highest BCUT2D eigenvalue weighted by Crippen LogP contribution is 2.31. The molecular weight excluding hydrogens is 404 g/mol. The van der Waals surface area contributed by atoms with Crippen molar-refractivity contribution in [2.75, 3.05) is 19.6 Å². The molecule has 4 rings (SSSR count). The smallest absolute Gasteiger partial charge is 0.273 e. The van der Waals surface area contributed by atoms with Crippen molar-refractivity contribution in [3.8, 4) is 22.5 Å². The van der Waals surface area contributed by atoms with E-state index in [0.717, 1.165) is 54.4 Å². The van der Waals surface area contributed by atoms with Crippen molar-refractivity contribution >= 4 is 0 Å². The number of aryl methyl sites for hydroxylation is 1. The molecule has 4 aromatic heterocycles. The van der Waals surface area contributed by atoms with Crippen LogP contribution in [0.4, 0.5) is 0 Å². The number of hydrogen-bond acceptors (Lipinski definition) is 6. The third-order valence-corrected chi connectivity index (χ3v) is 5.81. The zero-order valence-electron chi connectivity index (χ0n) is 18.6. The number of hydrogen-bond donors (Lipinski definition) is 3. The van der Waals surface area contributed by atoms with Gasteiger partial charge in [-0.1, -0.05) is 13.8 Å². The molecule has 0 amide bonds. The number of nitrogens with zero attached hydrogens (tertiary/aromatic N) is 5. The molecule has 166 valence electrons. The highest BCUT2D eigenvalue weighted by atomic mass is 16.1. The van der Waals surface area contributed by atoms with Crippen LogP contribution in [0, 0.1) is 6.92 Å². The van der Waals surface area contributed by atoms with Crippen molar-refractivity contribution in [1.29, 1.82) is 0 Å². The average Bonchev–Trinajstić information content (AvgIpc) is 3.38. The van der Waals surface area contributed by atoms with Gasteiger partial charge in [0.25, 0.3) is 5.56 Å². The summed E-state index contributed by atoms with van der Waals surface area (Å²) in [5.41, 5.74) is 6.76. The number of H-pyrrole nitrogens is 3. The first-order valence-electron chi connectivity index (χ1n) is 10.9. The monoisotopic (exact) mass is 432 g/mol. The predicted molar refractivity (Wildman–Crippen MR) is 123 cm³/mol. The van der Waals surface area contributed by atoms with E-state index in [1.54, 1.807) is 37.2 Å². The first-order valence-corrected chi connectivity index (χ1v) is 10.9. The van der Waals surface area contributed by atoms with E-state index in [4.69, 9.17) is 0 Å². The molecule has 0 bridgehead atoms. The third kappa shape index (κ3) is 4.38. The van der Waals surface area contributed by atoms with Gasteiger partial charge in [0, 0.05) is 60.9 Å². The number of aromatic amines is 3. The second kappa shape index (κ2) is 9.69. The van der Waals surface area contributed by atoms with Gasteiger partial charge < -0.3 is 15.0 Å². The molecule has 0 saturated heterocycles. The van der Waals surface area contributed by atoms with Crippen molar-refractivity contribution in [1.82, 2.24) is 40.0 Å². The number of nitrogens with one attached hydrogen (secondary N) is 3. The topological polar surface area (TPSA) is 119 Å². The minimum absolute atomic E-state index is 0.219. The largest absolute Gasteiger partial charge is 0.361 e. The average molecular weight is 433 g/mol. The Balaban J connectivity index is 1.77. The molecule has 0 unspecified atom stereocenters. The molecule has 0 aliphatic carbocycles. The van der Waals surface area contributed by atoms with Gasteiger partial charge in [-0.3, -0.25) is 29.8 Å². The van der Waals surface area contributed by atoms with E-state index in [-0.39, 0.29) is 5.56 Å². The summed E-state index contributed by atoms with van der Waals surface area (Å²) < 4.78 is 0. The van der Waals surface area contributed by atoms with Crippen LogP contribution >= 0.6 is 0 Å². The van der Waals surface area contributed by atoms with Crippen LogP contribution in [0.1, 0.15) is 36.5 Å². The van der Waals surface area contributed by atoms with Crippen molar-refractivity contribution in [2.24, 2.45) is 0 Å². The molecule has 0 aliphatic heterocycles. The Morgan fingerprint density at radius 3 is 2.50 bits per heavy atom. The van der Waals surface area contributed by atoms with Crippen LogP contribution in [0.25, 0.3) is 22.5 Å². The summed E-state index contributed by atoms with van der Waals surface area (Å²) in [5.74, 6) is 0. The molecular formula is C23H28N8O. The van der Waals surface area contributed by atoms with E-state index in [9.17, 15) is 4.79 Å². The normalized spacial score (nSPS) is 11.4. The summed E-state index contributed by atoms with van der Waals surface area (Å²) in [6, 6.07) is 0. The Kier molecular flexibility index (Phi) is 6.55. The van der Waals surface area contributed by atoms with E-state index in [1.165, 1.54) is 5.56 Å². The standard InChI is InChI=1S/C23H28N8O/c1-4-31(5-2)11-6-16-15(3)29-18(21(16)20-14-24-7-8-26-20)12-19-22(27-10-9-25-19)17-13-28-30-23(17)32/h7-10,13-14,29H,4-6,11-12H2,1-3H3,(H2,28,30,32). The SMILES string of the molecule is CCN(CC)CCc1c(C)[nH]c(Cc2nccnc2-c2c[nH][nH]c2=O)c1-c1cnccn1. The number of rotatable bonds is 9. The number of aromatic nitrogens is 7. The summed E-state index contributed by atoms with van der Waals surface area (Å²) >= 11 is 0. The molecule has 0 aliphatic rings. The molecule has 4 heterocycles. The van der Waals surface area contributed by atoms with Crippen molar-refractivity contribution < 1.29 is 0 Å². The first-order chi connectivity index (χ1) is 15.6. The highest BCUT2D eigenvalue weighted by Gasteiger charge is 2.21. The molecule has 0 spiro atoms. The minimum Gasteiger partial charge on any atom is -0.361 e. The lowest BCUT2D eigenvalue weighted by molar-refractivity contribution is 0.308. The quantitative estimate of drug-likeness (QED) is 0.374. The molecule has 9 nitrogen and oxygen atoms in total. The predicted octanol–water partition coefficient (Wildman–Crippen LogP) is 2.73. The Morgan fingerprint density at radius 1 is 1.03 bits per heavy atom. The fourth-order valence-corrected chi connectivity index (χ4v) is 4.10. The second-order valence-electron chi connectivity index (χ2n) is 7.63. The summed E-state index contributed by atoms with van der Waals surface area (Å²) in [5, 5.41) is 5.31. The highest BCUT2D eigenvalue weighted by molar-refractivity contribution is 5.69. The molecule has 0 saturated carbocycles. The van der Waals surface area contributed by atoms with E-state index in [1.807, 2.05) is 0 Å². The Hall–Kier alpha value is -3.59. The van der Waals surface area contributed by atoms with E-state index in [2.05, 4.69) is 60.8 Å².